The van der Waals surface area contributed by atoms with Gasteiger partial charge in [0, 0.05) is 16.0 Å². The molecule has 1 N–H and O–H groups in total. The van der Waals surface area contributed by atoms with Crippen molar-refractivity contribution in [1.29, 1.82) is 0 Å². The smallest absolute Gasteiger partial charge is 0.339 e. The summed E-state index contributed by atoms with van der Waals surface area (Å²) in [6.07, 6.45) is 4.08. The highest BCUT2D eigenvalue weighted by Crippen LogP contribution is 2.40. The van der Waals surface area contributed by atoms with Crippen molar-refractivity contribution in [2.75, 3.05) is 0 Å². The number of thiophene rings is 1. The summed E-state index contributed by atoms with van der Waals surface area (Å²) in [5.41, 5.74) is 0.845. The molecular formula is C13H13BrN2O2S. The van der Waals surface area contributed by atoms with Gasteiger partial charge in [-0.1, -0.05) is 0 Å². The average Bonchev–Trinajstić information content (AvgIpc) is 2.96. The fourth-order valence-electron chi connectivity index (χ4n) is 2.17. The number of rotatable bonds is 4. The Kier molecular flexibility index (Phi) is 3.22. The van der Waals surface area contributed by atoms with Crippen LogP contribution in [0.1, 0.15) is 36.2 Å². The number of carboxylic acids is 1. The van der Waals surface area contributed by atoms with Gasteiger partial charge in [-0.15, -0.1) is 11.3 Å². The molecule has 100 valence electrons. The zero-order valence-corrected chi connectivity index (χ0v) is 12.7. The van der Waals surface area contributed by atoms with E-state index in [1.165, 1.54) is 24.2 Å². The number of aromatic nitrogens is 2. The van der Waals surface area contributed by atoms with Gasteiger partial charge in [0.1, 0.15) is 11.3 Å². The van der Waals surface area contributed by atoms with E-state index in [1.54, 1.807) is 6.20 Å². The first-order chi connectivity index (χ1) is 9.06. The Morgan fingerprint density at radius 1 is 1.63 bits per heavy atom. The molecule has 0 bridgehead atoms. The van der Waals surface area contributed by atoms with Crippen molar-refractivity contribution in [2.24, 2.45) is 5.92 Å². The Balaban J connectivity index is 2.04. The molecule has 19 heavy (non-hydrogen) atoms. The molecule has 1 fully saturated rings. The van der Waals surface area contributed by atoms with Crippen LogP contribution in [0, 0.1) is 5.92 Å². The lowest BCUT2D eigenvalue weighted by Gasteiger charge is -2.09. The maximum atomic E-state index is 11.4. The molecular weight excluding hydrogens is 328 g/mol. The predicted molar refractivity (Wildman–Crippen MR) is 77.6 cm³/mol. The monoisotopic (exact) mass is 340 g/mol. The van der Waals surface area contributed by atoms with E-state index in [1.807, 2.05) is 16.1 Å². The highest BCUT2D eigenvalue weighted by molar-refractivity contribution is 9.10. The lowest BCUT2D eigenvalue weighted by Crippen LogP contribution is -2.07. The third-order valence-electron chi connectivity index (χ3n) is 3.48. The Morgan fingerprint density at radius 3 is 2.89 bits per heavy atom. The van der Waals surface area contributed by atoms with Crippen molar-refractivity contribution in [3.05, 3.63) is 27.7 Å². The van der Waals surface area contributed by atoms with Gasteiger partial charge in [-0.05, 0) is 47.7 Å². The molecule has 3 rings (SSSR count). The summed E-state index contributed by atoms with van der Waals surface area (Å²) < 4.78 is 2.76. The third-order valence-corrected chi connectivity index (χ3v) is 5.18. The van der Waals surface area contributed by atoms with E-state index in [4.69, 9.17) is 0 Å². The number of halogens is 1. The third kappa shape index (κ3) is 2.47. The van der Waals surface area contributed by atoms with Crippen LogP contribution in [0.4, 0.5) is 0 Å². The van der Waals surface area contributed by atoms with Crippen molar-refractivity contribution in [2.45, 2.75) is 25.8 Å². The molecule has 1 atom stereocenters. The number of carboxylic acid groups (broad SMARTS) is 1. The van der Waals surface area contributed by atoms with Crippen LogP contribution in [0.5, 0.6) is 0 Å². The minimum Gasteiger partial charge on any atom is -0.478 e. The fraction of sp³-hybridized carbons (Fsp3) is 0.385. The molecule has 1 aliphatic rings. The molecule has 2 aromatic rings. The summed E-state index contributed by atoms with van der Waals surface area (Å²) in [5.74, 6) is -0.279. The van der Waals surface area contributed by atoms with Crippen molar-refractivity contribution in [1.82, 2.24) is 9.78 Å². The molecule has 2 aromatic heterocycles. The minimum atomic E-state index is -0.922. The average molecular weight is 341 g/mol. The number of hydrogen-bond acceptors (Lipinski definition) is 3. The van der Waals surface area contributed by atoms with E-state index in [2.05, 4.69) is 28.0 Å². The van der Waals surface area contributed by atoms with Crippen LogP contribution in [0.25, 0.3) is 10.6 Å². The van der Waals surface area contributed by atoms with Gasteiger partial charge >= 0.3 is 5.97 Å². The lowest BCUT2D eigenvalue weighted by atomic mass is 10.2. The van der Waals surface area contributed by atoms with E-state index in [-0.39, 0.29) is 11.6 Å². The molecule has 2 heterocycles. The first-order valence-electron chi connectivity index (χ1n) is 6.13. The van der Waals surface area contributed by atoms with Crippen LogP contribution < -0.4 is 0 Å². The molecule has 0 aromatic carbocycles. The van der Waals surface area contributed by atoms with E-state index in [0.717, 1.165) is 9.35 Å². The molecule has 0 spiro atoms. The Bertz CT molecular complexity index is 630. The van der Waals surface area contributed by atoms with Gasteiger partial charge in [0.15, 0.2) is 0 Å². The molecule has 0 saturated heterocycles. The summed E-state index contributed by atoms with van der Waals surface area (Å²) >= 11 is 4.89. The standard InChI is InChI=1S/C13H13BrN2O2S/c1-7(8-2-3-8)16-5-10(13(17)18)12(15-16)11-4-9(14)6-19-11/h4-8H,2-3H2,1H3,(H,17,18). The highest BCUT2D eigenvalue weighted by Gasteiger charge is 2.31. The Hall–Kier alpha value is -1.14. The van der Waals surface area contributed by atoms with E-state index in [0.29, 0.717) is 11.6 Å². The van der Waals surface area contributed by atoms with Crippen molar-refractivity contribution in [3.8, 4) is 10.6 Å². The zero-order valence-electron chi connectivity index (χ0n) is 10.3. The quantitative estimate of drug-likeness (QED) is 0.913. The number of nitrogens with zero attached hydrogens (tertiary/aromatic N) is 2. The molecule has 1 saturated carbocycles. The topological polar surface area (TPSA) is 55.1 Å². The van der Waals surface area contributed by atoms with E-state index in [9.17, 15) is 9.90 Å². The summed E-state index contributed by atoms with van der Waals surface area (Å²) in [4.78, 5) is 12.2. The fourth-order valence-corrected chi connectivity index (χ4v) is 3.60. The lowest BCUT2D eigenvalue weighted by molar-refractivity contribution is 0.0697. The molecule has 6 heteroatoms. The zero-order chi connectivity index (χ0) is 13.6. The van der Waals surface area contributed by atoms with Crippen molar-refractivity contribution >= 4 is 33.2 Å². The SMILES string of the molecule is CC(C1CC1)n1cc(C(=O)O)c(-c2cc(Br)cs2)n1. The van der Waals surface area contributed by atoms with Crippen LogP contribution in [0.3, 0.4) is 0 Å². The van der Waals surface area contributed by atoms with Crippen molar-refractivity contribution < 1.29 is 9.90 Å². The Morgan fingerprint density at radius 2 is 2.37 bits per heavy atom. The minimum absolute atomic E-state index is 0.273. The number of hydrogen-bond donors (Lipinski definition) is 1. The first kappa shape index (κ1) is 12.9. The molecule has 4 nitrogen and oxygen atoms in total. The summed E-state index contributed by atoms with van der Waals surface area (Å²) in [7, 11) is 0. The van der Waals surface area contributed by atoms with Gasteiger partial charge in [-0.3, -0.25) is 4.68 Å². The van der Waals surface area contributed by atoms with Crippen molar-refractivity contribution in [3.63, 3.8) is 0 Å². The second-order valence-electron chi connectivity index (χ2n) is 4.88. The number of carbonyl (C=O) groups is 1. The van der Waals surface area contributed by atoms with Crippen LogP contribution in [-0.2, 0) is 0 Å². The maximum absolute atomic E-state index is 11.4. The van der Waals surface area contributed by atoms with Crippen LogP contribution in [-0.4, -0.2) is 20.9 Å². The second kappa shape index (κ2) is 4.76. The predicted octanol–water partition coefficient (Wildman–Crippen LogP) is 4.04. The normalized spacial score (nSPS) is 16.5. The van der Waals surface area contributed by atoms with Gasteiger partial charge in [-0.2, -0.15) is 5.10 Å². The second-order valence-corrected chi connectivity index (χ2v) is 6.71. The van der Waals surface area contributed by atoms with Gasteiger partial charge in [0.25, 0.3) is 0 Å². The van der Waals surface area contributed by atoms with Gasteiger partial charge in [0.2, 0.25) is 0 Å². The largest absolute Gasteiger partial charge is 0.478 e. The molecule has 1 aliphatic carbocycles. The molecule has 0 radical (unpaired) electrons. The summed E-state index contributed by atoms with van der Waals surface area (Å²) in [5, 5.41) is 15.8. The molecule has 1 unspecified atom stereocenters. The van der Waals surface area contributed by atoms with Gasteiger partial charge < -0.3 is 5.11 Å². The van der Waals surface area contributed by atoms with Crippen LogP contribution in [0.15, 0.2) is 22.1 Å². The van der Waals surface area contributed by atoms with E-state index < -0.39 is 5.97 Å². The highest BCUT2D eigenvalue weighted by atomic mass is 79.9. The molecule has 0 amide bonds. The van der Waals surface area contributed by atoms with Gasteiger partial charge in [0.05, 0.1) is 10.9 Å². The van der Waals surface area contributed by atoms with E-state index >= 15 is 0 Å². The molecule has 0 aliphatic heterocycles. The summed E-state index contributed by atoms with van der Waals surface area (Å²) in [6.45, 7) is 2.10. The summed E-state index contributed by atoms with van der Waals surface area (Å²) in [6, 6.07) is 2.18. The first-order valence-corrected chi connectivity index (χ1v) is 7.80. The van der Waals surface area contributed by atoms with Crippen LogP contribution in [0.2, 0.25) is 0 Å². The number of aromatic carboxylic acids is 1. The van der Waals surface area contributed by atoms with Gasteiger partial charge in [-0.25, -0.2) is 4.79 Å². The maximum Gasteiger partial charge on any atom is 0.339 e. The Labute approximate surface area is 123 Å². The van der Waals surface area contributed by atoms with Crippen LogP contribution >= 0.6 is 27.3 Å².